The molecule has 0 radical (unpaired) electrons. The molecule has 168 valence electrons. The number of hydrogen-bond acceptors (Lipinski definition) is 3. The number of halogens is 3. The Bertz CT molecular complexity index is 1280. The van der Waals surface area contributed by atoms with Crippen LogP contribution in [0.3, 0.4) is 0 Å². The Morgan fingerprint density at radius 1 is 0.824 bits per heavy atom. The molecule has 3 aromatic rings. The van der Waals surface area contributed by atoms with Crippen LogP contribution in [0.2, 0.25) is 0 Å². The number of nitriles is 2. The first-order valence-electron chi connectivity index (χ1n) is 10.6. The van der Waals surface area contributed by atoms with Crippen molar-refractivity contribution < 1.29 is 18.0 Å². The molecule has 0 heterocycles. The molecule has 0 N–H and O–H groups in total. The number of carbonyl (C=O) groups is 1. The standard InChI is InChI=1S/C28H19F3N2O/c29-28(30,31)22-13-11-21(12-14-22)26-23(15-19-7-3-1-4-8-19)25(34)16-24(27(26,17-32)18-33)20-9-5-2-6-10-20/h1-15,24,26H,16H2/b23-15-/t24-,26+/m0/s1. The van der Waals surface area contributed by atoms with Crippen LogP contribution in [0.4, 0.5) is 13.2 Å². The average Bonchev–Trinajstić information content (AvgIpc) is 2.85. The summed E-state index contributed by atoms with van der Waals surface area (Å²) in [6.45, 7) is 0. The molecule has 0 amide bonds. The van der Waals surface area contributed by atoms with Gasteiger partial charge in [0.1, 0.15) is 0 Å². The summed E-state index contributed by atoms with van der Waals surface area (Å²) < 4.78 is 39.6. The minimum absolute atomic E-state index is 0.0546. The van der Waals surface area contributed by atoms with E-state index < -0.39 is 29.0 Å². The van der Waals surface area contributed by atoms with Gasteiger partial charge in [-0.25, -0.2) is 0 Å². The topological polar surface area (TPSA) is 64.7 Å². The maximum atomic E-state index is 13.4. The second kappa shape index (κ2) is 9.00. The average molecular weight is 456 g/mol. The van der Waals surface area contributed by atoms with E-state index in [1.54, 1.807) is 60.7 Å². The lowest BCUT2D eigenvalue weighted by molar-refractivity contribution is -0.137. The molecule has 1 fully saturated rings. The Morgan fingerprint density at radius 3 is 1.91 bits per heavy atom. The van der Waals surface area contributed by atoms with Crippen LogP contribution in [0.1, 0.15) is 40.5 Å². The van der Waals surface area contributed by atoms with Crippen LogP contribution in [0.15, 0.2) is 90.5 Å². The highest BCUT2D eigenvalue weighted by molar-refractivity contribution is 6.03. The Labute approximate surface area is 195 Å². The SMILES string of the molecule is N#CC1(C#N)[C@H](c2ccccc2)CC(=O)/C(=C/c2ccccc2)[C@H]1c1ccc(C(F)(F)F)cc1. The van der Waals surface area contributed by atoms with Crippen molar-refractivity contribution in [1.29, 1.82) is 10.5 Å². The quantitative estimate of drug-likeness (QED) is 0.414. The van der Waals surface area contributed by atoms with E-state index in [2.05, 4.69) is 12.1 Å². The van der Waals surface area contributed by atoms with E-state index in [-0.39, 0.29) is 17.8 Å². The Morgan fingerprint density at radius 2 is 1.38 bits per heavy atom. The number of rotatable bonds is 3. The van der Waals surface area contributed by atoms with Crippen LogP contribution < -0.4 is 0 Å². The predicted molar refractivity (Wildman–Crippen MR) is 121 cm³/mol. The van der Waals surface area contributed by atoms with Gasteiger partial charge in [0, 0.05) is 23.8 Å². The number of allylic oxidation sites excluding steroid dienone is 1. The first-order valence-corrected chi connectivity index (χ1v) is 10.6. The molecule has 1 aliphatic carbocycles. The molecule has 34 heavy (non-hydrogen) atoms. The summed E-state index contributed by atoms with van der Waals surface area (Å²) in [5.41, 5.74) is -0.629. The molecule has 2 atom stereocenters. The molecule has 0 saturated heterocycles. The zero-order chi connectivity index (χ0) is 24.3. The summed E-state index contributed by atoms with van der Waals surface area (Å²) in [6, 6.07) is 26.5. The van der Waals surface area contributed by atoms with Gasteiger partial charge < -0.3 is 0 Å². The van der Waals surface area contributed by atoms with E-state index in [1.807, 2.05) is 6.07 Å². The van der Waals surface area contributed by atoms with Crippen molar-refractivity contribution in [1.82, 2.24) is 0 Å². The Kier molecular flexibility index (Phi) is 6.09. The largest absolute Gasteiger partial charge is 0.416 e. The van der Waals surface area contributed by atoms with E-state index in [1.165, 1.54) is 12.1 Å². The number of carbonyl (C=O) groups excluding carboxylic acids is 1. The summed E-state index contributed by atoms with van der Waals surface area (Å²) in [5, 5.41) is 20.7. The van der Waals surface area contributed by atoms with Crippen molar-refractivity contribution >= 4 is 11.9 Å². The molecule has 0 bridgehead atoms. The second-order valence-corrected chi connectivity index (χ2v) is 8.25. The number of benzene rings is 3. The normalized spacial score (nSPS) is 21.0. The number of Topliss-reactive ketones (excluding diaryl/α,β-unsaturated/α-hetero) is 1. The second-order valence-electron chi connectivity index (χ2n) is 8.25. The zero-order valence-corrected chi connectivity index (χ0v) is 18.0. The molecular formula is C28H19F3N2O. The summed E-state index contributed by atoms with van der Waals surface area (Å²) in [7, 11) is 0. The van der Waals surface area contributed by atoms with Gasteiger partial charge in [-0.3, -0.25) is 4.79 Å². The lowest BCUT2D eigenvalue weighted by Crippen LogP contribution is -2.41. The molecule has 3 nitrogen and oxygen atoms in total. The Hall–Kier alpha value is -4.16. The third kappa shape index (κ3) is 4.11. The highest BCUT2D eigenvalue weighted by atomic mass is 19.4. The molecule has 0 unspecified atom stereocenters. The maximum Gasteiger partial charge on any atom is 0.416 e. The molecule has 6 heteroatoms. The number of alkyl halides is 3. The highest BCUT2D eigenvalue weighted by Gasteiger charge is 2.55. The molecule has 3 aromatic carbocycles. The van der Waals surface area contributed by atoms with Crippen LogP contribution >= 0.6 is 0 Å². The monoisotopic (exact) mass is 456 g/mol. The van der Waals surface area contributed by atoms with Crippen molar-refractivity contribution in [3.63, 3.8) is 0 Å². The number of hydrogen-bond donors (Lipinski definition) is 0. The van der Waals surface area contributed by atoms with E-state index in [0.29, 0.717) is 16.7 Å². The van der Waals surface area contributed by atoms with E-state index in [4.69, 9.17) is 0 Å². The first-order chi connectivity index (χ1) is 16.3. The van der Waals surface area contributed by atoms with Gasteiger partial charge in [0.15, 0.2) is 11.2 Å². The summed E-state index contributed by atoms with van der Waals surface area (Å²) in [4.78, 5) is 13.4. The van der Waals surface area contributed by atoms with Gasteiger partial charge in [0.05, 0.1) is 17.7 Å². The van der Waals surface area contributed by atoms with E-state index in [9.17, 15) is 28.5 Å². The zero-order valence-electron chi connectivity index (χ0n) is 18.0. The fourth-order valence-electron chi connectivity index (χ4n) is 4.65. The predicted octanol–water partition coefficient (Wildman–Crippen LogP) is 6.66. The molecule has 0 aromatic heterocycles. The van der Waals surface area contributed by atoms with Gasteiger partial charge in [0.25, 0.3) is 0 Å². The maximum absolute atomic E-state index is 13.4. The molecule has 0 aliphatic heterocycles. The highest BCUT2D eigenvalue weighted by Crippen LogP contribution is 2.56. The van der Waals surface area contributed by atoms with Gasteiger partial charge in [-0.15, -0.1) is 0 Å². The summed E-state index contributed by atoms with van der Waals surface area (Å²) in [5.74, 6) is -2.02. The molecular weight excluding hydrogens is 437 g/mol. The van der Waals surface area contributed by atoms with Crippen molar-refractivity contribution in [2.45, 2.75) is 24.4 Å². The van der Waals surface area contributed by atoms with Gasteiger partial charge in [-0.2, -0.15) is 23.7 Å². The third-order valence-corrected chi connectivity index (χ3v) is 6.29. The van der Waals surface area contributed by atoms with Gasteiger partial charge in [-0.05, 0) is 34.9 Å². The van der Waals surface area contributed by atoms with E-state index >= 15 is 0 Å². The van der Waals surface area contributed by atoms with Crippen molar-refractivity contribution in [3.05, 3.63) is 113 Å². The Balaban J connectivity index is 1.95. The van der Waals surface area contributed by atoms with Crippen LogP contribution in [-0.2, 0) is 11.0 Å². The van der Waals surface area contributed by atoms with Gasteiger partial charge >= 0.3 is 6.18 Å². The number of ketones is 1. The van der Waals surface area contributed by atoms with Gasteiger partial charge in [-0.1, -0.05) is 72.8 Å². The molecule has 1 aliphatic rings. The van der Waals surface area contributed by atoms with Crippen LogP contribution in [0.5, 0.6) is 0 Å². The fraction of sp³-hybridized carbons (Fsp3) is 0.179. The number of nitrogens with zero attached hydrogens (tertiary/aromatic N) is 2. The smallest absolute Gasteiger partial charge is 0.295 e. The van der Waals surface area contributed by atoms with Crippen molar-refractivity contribution in [2.24, 2.45) is 5.41 Å². The van der Waals surface area contributed by atoms with Crippen LogP contribution in [0, 0.1) is 28.1 Å². The minimum atomic E-state index is -4.53. The van der Waals surface area contributed by atoms with Crippen LogP contribution in [-0.4, -0.2) is 5.78 Å². The molecule has 4 rings (SSSR count). The fourth-order valence-corrected chi connectivity index (χ4v) is 4.65. The van der Waals surface area contributed by atoms with Crippen LogP contribution in [0.25, 0.3) is 6.08 Å². The van der Waals surface area contributed by atoms with Gasteiger partial charge in [0.2, 0.25) is 0 Å². The summed E-state index contributed by atoms with van der Waals surface area (Å²) in [6.07, 6.45) is -2.95. The molecule has 1 saturated carbocycles. The first kappa shape index (κ1) is 23.0. The lowest BCUT2D eigenvalue weighted by atomic mass is 9.55. The minimum Gasteiger partial charge on any atom is -0.295 e. The van der Waals surface area contributed by atoms with Crippen molar-refractivity contribution in [3.8, 4) is 12.1 Å². The van der Waals surface area contributed by atoms with Crippen molar-refractivity contribution in [2.75, 3.05) is 0 Å². The molecule has 0 spiro atoms. The van der Waals surface area contributed by atoms with E-state index in [0.717, 1.165) is 12.1 Å². The summed E-state index contributed by atoms with van der Waals surface area (Å²) >= 11 is 0. The third-order valence-electron chi connectivity index (χ3n) is 6.29. The lowest BCUT2D eigenvalue weighted by Gasteiger charge is -2.41.